The summed E-state index contributed by atoms with van der Waals surface area (Å²) in [5.41, 5.74) is 6.94. The van der Waals surface area contributed by atoms with Crippen LogP contribution >= 0.6 is 0 Å². The molecule has 1 aliphatic heterocycles. The number of aliphatic hydroxyl groups excluding tert-OH is 2. The monoisotopic (exact) mass is 265 g/mol. The molecule has 0 saturated carbocycles. The molecule has 2 atom stereocenters. The van der Waals surface area contributed by atoms with Gasteiger partial charge >= 0.3 is 0 Å². The second kappa shape index (κ2) is 5.54. The maximum atomic E-state index is 12.3. The van der Waals surface area contributed by atoms with Crippen molar-refractivity contribution in [3.8, 4) is 0 Å². The number of nitrogen functional groups attached to an aromatic ring is 1. The van der Waals surface area contributed by atoms with Crippen LogP contribution in [0.1, 0.15) is 29.4 Å². The van der Waals surface area contributed by atoms with Crippen molar-refractivity contribution in [2.24, 2.45) is 0 Å². The number of anilines is 1. The third-order valence-corrected chi connectivity index (χ3v) is 3.20. The zero-order chi connectivity index (χ0) is 14.0. The fourth-order valence-corrected chi connectivity index (χ4v) is 2.24. The summed E-state index contributed by atoms with van der Waals surface area (Å²) < 4.78 is 0. The number of nitrogens with zero attached hydrogens (tertiary/aromatic N) is 2. The summed E-state index contributed by atoms with van der Waals surface area (Å²) >= 11 is 0. The van der Waals surface area contributed by atoms with E-state index in [1.807, 2.05) is 6.92 Å². The Hall–Kier alpha value is -1.66. The van der Waals surface area contributed by atoms with E-state index in [1.54, 1.807) is 6.07 Å². The highest BCUT2D eigenvalue weighted by Gasteiger charge is 2.33. The van der Waals surface area contributed by atoms with E-state index >= 15 is 0 Å². The summed E-state index contributed by atoms with van der Waals surface area (Å²) in [6.45, 7) is 2.32. The molecule has 0 aliphatic carbocycles. The van der Waals surface area contributed by atoms with Crippen LogP contribution in [-0.4, -0.2) is 51.3 Å². The zero-order valence-corrected chi connectivity index (χ0v) is 10.9. The van der Waals surface area contributed by atoms with Gasteiger partial charge in [0, 0.05) is 24.3 Å². The highest BCUT2D eigenvalue weighted by Crippen LogP contribution is 2.16. The summed E-state index contributed by atoms with van der Waals surface area (Å²) in [4.78, 5) is 17.9. The number of hydrogen-bond donors (Lipinski definition) is 3. The van der Waals surface area contributed by atoms with Crippen molar-refractivity contribution in [1.82, 2.24) is 9.88 Å². The van der Waals surface area contributed by atoms with Crippen LogP contribution in [0.4, 0.5) is 5.82 Å². The van der Waals surface area contributed by atoms with E-state index in [4.69, 9.17) is 5.73 Å². The second-order valence-electron chi connectivity index (χ2n) is 4.87. The molecule has 2 rings (SSSR count). The fraction of sp³-hybridized carbons (Fsp3) is 0.538. The van der Waals surface area contributed by atoms with Crippen LogP contribution in [-0.2, 0) is 6.42 Å². The number of pyridine rings is 1. The van der Waals surface area contributed by atoms with Crippen LogP contribution < -0.4 is 5.73 Å². The summed E-state index contributed by atoms with van der Waals surface area (Å²) in [5.74, 6) is 0.0802. The molecule has 1 aliphatic rings. The van der Waals surface area contributed by atoms with E-state index in [0.717, 1.165) is 18.5 Å². The Morgan fingerprint density at radius 3 is 2.63 bits per heavy atom. The predicted molar refractivity (Wildman–Crippen MR) is 70.6 cm³/mol. The molecule has 6 nitrogen and oxygen atoms in total. The molecule has 6 heteroatoms. The number of aliphatic hydroxyl groups is 2. The molecule has 1 aromatic heterocycles. The van der Waals surface area contributed by atoms with Crippen LogP contribution in [0.25, 0.3) is 0 Å². The molecule has 0 radical (unpaired) electrons. The summed E-state index contributed by atoms with van der Waals surface area (Å²) in [7, 11) is 0. The first-order valence-corrected chi connectivity index (χ1v) is 6.43. The van der Waals surface area contributed by atoms with E-state index in [2.05, 4.69) is 4.98 Å². The number of aromatic nitrogens is 1. The van der Waals surface area contributed by atoms with Crippen molar-refractivity contribution < 1.29 is 15.0 Å². The summed E-state index contributed by atoms with van der Waals surface area (Å²) in [6, 6.07) is 3.25. The molecule has 0 spiro atoms. The van der Waals surface area contributed by atoms with Gasteiger partial charge < -0.3 is 20.8 Å². The topological polar surface area (TPSA) is 99.7 Å². The van der Waals surface area contributed by atoms with Gasteiger partial charge in [-0.2, -0.15) is 0 Å². The lowest BCUT2D eigenvalue weighted by atomic mass is 10.1. The number of β-amino-alcohol motifs (C(OH)–C–C–N with tert-alkyl or cyclic N) is 2. The third-order valence-electron chi connectivity index (χ3n) is 3.20. The predicted octanol–water partition coefficient (Wildman–Crippen LogP) is -0.206. The first kappa shape index (κ1) is 13.8. The molecule has 2 unspecified atom stereocenters. The van der Waals surface area contributed by atoms with Crippen molar-refractivity contribution >= 4 is 11.7 Å². The first-order valence-electron chi connectivity index (χ1n) is 6.43. The van der Waals surface area contributed by atoms with Crippen molar-refractivity contribution in [3.63, 3.8) is 0 Å². The first-order chi connectivity index (χ1) is 9.01. The SMILES string of the molecule is CCCc1cc(C(=O)N2CC(O)C(O)C2)cc(N)n1. The van der Waals surface area contributed by atoms with Crippen molar-refractivity contribution in [3.05, 3.63) is 23.4 Å². The van der Waals surface area contributed by atoms with Crippen LogP contribution in [0.3, 0.4) is 0 Å². The fourth-order valence-electron chi connectivity index (χ4n) is 2.24. The maximum Gasteiger partial charge on any atom is 0.254 e. The van der Waals surface area contributed by atoms with Gasteiger partial charge in [0.05, 0.1) is 12.2 Å². The minimum atomic E-state index is -0.877. The Morgan fingerprint density at radius 2 is 2.05 bits per heavy atom. The molecule has 1 aromatic rings. The van der Waals surface area contributed by atoms with Gasteiger partial charge in [0.1, 0.15) is 5.82 Å². The number of aryl methyl sites for hydroxylation is 1. The van der Waals surface area contributed by atoms with E-state index in [9.17, 15) is 15.0 Å². The molecule has 1 saturated heterocycles. The quantitative estimate of drug-likeness (QED) is 0.702. The molecule has 4 N–H and O–H groups in total. The maximum absolute atomic E-state index is 12.3. The standard InChI is InChI=1S/C13H19N3O3/c1-2-3-9-4-8(5-12(14)15-9)13(19)16-6-10(17)11(18)7-16/h4-5,10-11,17-18H,2-3,6-7H2,1H3,(H2,14,15). The summed E-state index contributed by atoms with van der Waals surface area (Å²) in [5, 5.41) is 19.0. The minimum Gasteiger partial charge on any atom is -0.388 e. The zero-order valence-electron chi connectivity index (χ0n) is 10.9. The van der Waals surface area contributed by atoms with Crippen LogP contribution in [0.5, 0.6) is 0 Å². The molecule has 0 bridgehead atoms. The lowest BCUT2D eigenvalue weighted by Crippen LogP contribution is -2.30. The van der Waals surface area contributed by atoms with E-state index in [-0.39, 0.29) is 19.0 Å². The lowest BCUT2D eigenvalue weighted by molar-refractivity contribution is 0.0572. The number of likely N-dealkylation sites (tertiary alicyclic amines) is 1. The minimum absolute atomic E-state index is 0.144. The van der Waals surface area contributed by atoms with Crippen molar-refractivity contribution in [1.29, 1.82) is 0 Å². The van der Waals surface area contributed by atoms with E-state index < -0.39 is 12.2 Å². The Morgan fingerprint density at radius 1 is 1.42 bits per heavy atom. The van der Waals surface area contributed by atoms with E-state index in [1.165, 1.54) is 11.0 Å². The molecule has 2 heterocycles. The Bertz CT molecular complexity index is 468. The molecular formula is C13H19N3O3. The molecule has 1 amide bonds. The van der Waals surface area contributed by atoms with Gasteiger partial charge in [-0.3, -0.25) is 4.79 Å². The number of hydrogen-bond acceptors (Lipinski definition) is 5. The normalized spacial score (nSPS) is 22.8. The number of nitrogens with two attached hydrogens (primary N) is 1. The number of rotatable bonds is 3. The van der Waals surface area contributed by atoms with Crippen molar-refractivity contribution in [2.75, 3.05) is 18.8 Å². The van der Waals surface area contributed by atoms with Crippen LogP contribution in [0.2, 0.25) is 0 Å². The Balaban J connectivity index is 2.19. The average Bonchev–Trinajstić information content (AvgIpc) is 2.68. The van der Waals surface area contributed by atoms with Gasteiger partial charge in [0.25, 0.3) is 5.91 Å². The lowest BCUT2D eigenvalue weighted by Gasteiger charge is -2.16. The van der Waals surface area contributed by atoms with Gasteiger partial charge in [-0.05, 0) is 18.6 Å². The molecule has 19 heavy (non-hydrogen) atoms. The van der Waals surface area contributed by atoms with Crippen LogP contribution in [0.15, 0.2) is 12.1 Å². The Kier molecular flexibility index (Phi) is 4.01. The van der Waals surface area contributed by atoms with Gasteiger partial charge in [-0.1, -0.05) is 13.3 Å². The third kappa shape index (κ3) is 3.02. The van der Waals surface area contributed by atoms with Gasteiger partial charge in [-0.15, -0.1) is 0 Å². The molecule has 104 valence electrons. The van der Waals surface area contributed by atoms with Gasteiger partial charge in [-0.25, -0.2) is 4.98 Å². The number of carbonyl (C=O) groups excluding carboxylic acids is 1. The summed E-state index contributed by atoms with van der Waals surface area (Å²) in [6.07, 6.45) is -0.0709. The highest BCUT2D eigenvalue weighted by atomic mass is 16.3. The number of amides is 1. The average molecular weight is 265 g/mol. The molecular weight excluding hydrogens is 246 g/mol. The largest absolute Gasteiger partial charge is 0.388 e. The van der Waals surface area contributed by atoms with Crippen LogP contribution in [0, 0.1) is 0 Å². The molecule has 0 aromatic carbocycles. The van der Waals surface area contributed by atoms with Crippen molar-refractivity contribution in [2.45, 2.75) is 32.0 Å². The van der Waals surface area contributed by atoms with Gasteiger partial charge in [0.15, 0.2) is 0 Å². The van der Waals surface area contributed by atoms with E-state index in [0.29, 0.717) is 11.4 Å². The Labute approximate surface area is 111 Å². The second-order valence-corrected chi connectivity index (χ2v) is 4.87. The smallest absolute Gasteiger partial charge is 0.254 e. The number of carbonyl (C=O) groups is 1. The highest BCUT2D eigenvalue weighted by molar-refractivity contribution is 5.95. The van der Waals surface area contributed by atoms with Gasteiger partial charge in [0.2, 0.25) is 0 Å². The molecule has 1 fully saturated rings.